The molecule has 0 saturated heterocycles. The minimum atomic E-state index is -0.596. The Labute approximate surface area is 137 Å². The van der Waals surface area contributed by atoms with E-state index in [0.717, 1.165) is 10.9 Å². The van der Waals surface area contributed by atoms with Gasteiger partial charge in [0, 0.05) is 16.6 Å². The van der Waals surface area contributed by atoms with Gasteiger partial charge in [0.05, 0.1) is 11.6 Å². The van der Waals surface area contributed by atoms with E-state index < -0.39 is 18.5 Å². The number of nitriles is 1. The number of H-pyrrole nitrogens is 1. The van der Waals surface area contributed by atoms with Gasteiger partial charge in [0.2, 0.25) is 0 Å². The van der Waals surface area contributed by atoms with Crippen LogP contribution in [0.1, 0.15) is 16.1 Å². The van der Waals surface area contributed by atoms with E-state index in [1.807, 2.05) is 30.3 Å². The molecule has 24 heavy (non-hydrogen) atoms. The summed E-state index contributed by atoms with van der Waals surface area (Å²) in [6.45, 7) is -0.395. The maximum Gasteiger partial charge on any atom is 0.355 e. The molecule has 6 heteroatoms. The largest absolute Gasteiger partial charge is 0.451 e. The summed E-state index contributed by atoms with van der Waals surface area (Å²) in [6, 6.07) is 17.5. The number of anilines is 1. The molecule has 3 rings (SSSR count). The number of hydrogen-bond donors (Lipinski definition) is 2. The van der Waals surface area contributed by atoms with Gasteiger partial charge in [-0.1, -0.05) is 18.2 Å². The highest BCUT2D eigenvalue weighted by molar-refractivity contribution is 5.97. The Balaban J connectivity index is 1.57. The molecule has 0 spiro atoms. The van der Waals surface area contributed by atoms with E-state index in [-0.39, 0.29) is 0 Å². The van der Waals surface area contributed by atoms with Gasteiger partial charge < -0.3 is 15.0 Å². The Morgan fingerprint density at radius 2 is 1.88 bits per heavy atom. The average Bonchev–Trinajstić information content (AvgIpc) is 3.04. The molecule has 0 fully saturated rings. The van der Waals surface area contributed by atoms with Crippen LogP contribution >= 0.6 is 0 Å². The zero-order valence-electron chi connectivity index (χ0n) is 12.6. The fourth-order valence-electron chi connectivity index (χ4n) is 2.22. The maximum atomic E-state index is 12.0. The van der Waals surface area contributed by atoms with Crippen LogP contribution in [0.5, 0.6) is 0 Å². The van der Waals surface area contributed by atoms with Crippen molar-refractivity contribution < 1.29 is 14.3 Å². The molecule has 3 aromatic rings. The van der Waals surface area contributed by atoms with Crippen LogP contribution in [0.25, 0.3) is 10.9 Å². The van der Waals surface area contributed by atoms with Crippen LogP contribution in [0.4, 0.5) is 5.69 Å². The predicted octanol–water partition coefficient (Wildman–Crippen LogP) is 2.84. The van der Waals surface area contributed by atoms with E-state index >= 15 is 0 Å². The topological polar surface area (TPSA) is 95.0 Å². The number of benzene rings is 2. The van der Waals surface area contributed by atoms with Crippen LogP contribution < -0.4 is 5.32 Å². The second-order valence-electron chi connectivity index (χ2n) is 5.08. The Kier molecular flexibility index (Phi) is 4.25. The molecule has 0 aliphatic heterocycles. The van der Waals surface area contributed by atoms with Crippen LogP contribution in [0.3, 0.4) is 0 Å². The zero-order valence-corrected chi connectivity index (χ0v) is 12.6. The Morgan fingerprint density at radius 3 is 2.58 bits per heavy atom. The van der Waals surface area contributed by atoms with Gasteiger partial charge in [0.15, 0.2) is 6.61 Å². The molecule has 2 aromatic carbocycles. The fourth-order valence-corrected chi connectivity index (χ4v) is 2.22. The third kappa shape index (κ3) is 3.42. The van der Waals surface area contributed by atoms with E-state index in [9.17, 15) is 9.59 Å². The molecule has 118 valence electrons. The van der Waals surface area contributed by atoms with E-state index in [2.05, 4.69) is 10.3 Å². The second-order valence-corrected chi connectivity index (χ2v) is 5.08. The highest BCUT2D eigenvalue weighted by Gasteiger charge is 2.13. The minimum Gasteiger partial charge on any atom is -0.451 e. The van der Waals surface area contributed by atoms with Gasteiger partial charge in [-0.2, -0.15) is 5.26 Å². The number of nitrogens with one attached hydrogen (secondary N) is 2. The van der Waals surface area contributed by atoms with Crippen molar-refractivity contribution in [1.29, 1.82) is 5.26 Å². The Bertz CT molecular complexity index is 903. The number of esters is 1. The molecule has 0 aliphatic carbocycles. The molecule has 0 bridgehead atoms. The summed E-state index contributed by atoms with van der Waals surface area (Å²) in [4.78, 5) is 26.7. The van der Waals surface area contributed by atoms with Gasteiger partial charge in [-0.3, -0.25) is 4.79 Å². The number of ether oxygens (including phenoxy) is 1. The number of amides is 1. The Hall–Kier alpha value is -3.59. The van der Waals surface area contributed by atoms with Gasteiger partial charge in [-0.05, 0) is 36.4 Å². The monoisotopic (exact) mass is 319 g/mol. The smallest absolute Gasteiger partial charge is 0.355 e. The SMILES string of the molecule is N#Cc1ccc(NC(=O)COC(=O)c2cc3ccccc3[nH]2)cc1. The van der Waals surface area contributed by atoms with E-state index in [1.54, 1.807) is 30.3 Å². The number of aromatic nitrogens is 1. The molecule has 1 amide bonds. The molecule has 0 saturated carbocycles. The van der Waals surface area contributed by atoms with E-state index in [1.165, 1.54) is 0 Å². The second kappa shape index (κ2) is 6.67. The van der Waals surface area contributed by atoms with Crippen LogP contribution in [-0.2, 0) is 9.53 Å². The summed E-state index contributed by atoms with van der Waals surface area (Å²) in [6.07, 6.45) is 0. The number of carbonyl (C=O) groups is 2. The van der Waals surface area contributed by atoms with Crippen molar-refractivity contribution in [2.75, 3.05) is 11.9 Å². The highest BCUT2D eigenvalue weighted by atomic mass is 16.5. The van der Waals surface area contributed by atoms with Crippen LogP contribution in [-0.4, -0.2) is 23.5 Å². The molecular weight excluding hydrogens is 306 g/mol. The number of para-hydroxylation sites is 1. The van der Waals surface area contributed by atoms with E-state index in [4.69, 9.17) is 10.00 Å². The number of rotatable bonds is 4. The summed E-state index contributed by atoms with van der Waals surface area (Å²) >= 11 is 0. The normalized spacial score (nSPS) is 10.1. The molecule has 0 aliphatic rings. The quantitative estimate of drug-likeness (QED) is 0.723. The highest BCUT2D eigenvalue weighted by Crippen LogP contribution is 2.15. The summed E-state index contributed by atoms with van der Waals surface area (Å²) in [5.41, 5.74) is 2.15. The fraction of sp³-hybridized carbons (Fsp3) is 0.0556. The first-order valence-corrected chi connectivity index (χ1v) is 7.20. The molecule has 2 N–H and O–H groups in total. The first kappa shape index (κ1) is 15.3. The van der Waals surface area contributed by atoms with Crippen molar-refractivity contribution in [3.63, 3.8) is 0 Å². The summed E-state index contributed by atoms with van der Waals surface area (Å²) in [5, 5.41) is 12.2. The molecule has 1 aromatic heterocycles. The van der Waals surface area contributed by atoms with E-state index in [0.29, 0.717) is 16.9 Å². The minimum absolute atomic E-state index is 0.294. The molecule has 6 nitrogen and oxygen atoms in total. The first-order chi connectivity index (χ1) is 11.7. The van der Waals surface area contributed by atoms with Gasteiger partial charge in [-0.25, -0.2) is 4.79 Å². The van der Waals surface area contributed by atoms with Gasteiger partial charge in [-0.15, -0.1) is 0 Å². The molecule has 0 unspecified atom stereocenters. The molecule has 0 radical (unpaired) electrons. The van der Waals surface area contributed by atoms with Crippen LogP contribution in [0.15, 0.2) is 54.6 Å². The van der Waals surface area contributed by atoms with Gasteiger partial charge >= 0.3 is 5.97 Å². The number of aromatic amines is 1. The summed E-state index contributed by atoms with van der Waals surface area (Å²) in [5.74, 6) is -1.05. The van der Waals surface area contributed by atoms with Crippen LogP contribution in [0.2, 0.25) is 0 Å². The first-order valence-electron chi connectivity index (χ1n) is 7.20. The number of carbonyl (C=O) groups excluding carboxylic acids is 2. The standard InChI is InChI=1S/C18H13N3O3/c19-10-12-5-7-14(8-6-12)20-17(22)11-24-18(23)16-9-13-3-1-2-4-15(13)21-16/h1-9,21H,11H2,(H,20,22). The summed E-state index contributed by atoms with van der Waals surface area (Å²) in [7, 11) is 0. The molecular formula is C18H13N3O3. The van der Waals surface area contributed by atoms with Crippen molar-refractivity contribution in [2.24, 2.45) is 0 Å². The number of fused-ring (bicyclic) bond motifs is 1. The van der Waals surface area contributed by atoms with Crippen molar-refractivity contribution in [2.45, 2.75) is 0 Å². The maximum absolute atomic E-state index is 12.0. The summed E-state index contributed by atoms with van der Waals surface area (Å²) < 4.78 is 5.00. The molecule has 0 atom stereocenters. The predicted molar refractivity (Wildman–Crippen MR) is 88.4 cm³/mol. The lowest BCUT2D eigenvalue weighted by atomic mass is 10.2. The van der Waals surface area contributed by atoms with Crippen molar-refractivity contribution in [3.05, 3.63) is 65.9 Å². The third-order valence-electron chi connectivity index (χ3n) is 3.38. The van der Waals surface area contributed by atoms with Crippen molar-refractivity contribution >= 4 is 28.5 Å². The lowest BCUT2D eigenvalue weighted by Crippen LogP contribution is -2.21. The van der Waals surface area contributed by atoms with Crippen LogP contribution in [0, 0.1) is 11.3 Å². The Morgan fingerprint density at radius 1 is 1.12 bits per heavy atom. The number of nitrogens with zero attached hydrogens (tertiary/aromatic N) is 1. The average molecular weight is 319 g/mol. The van der Waals surface area contributed by atoms with Crippen molar-refractivity contribution in [3.8, 4) is 6.07 Å². The molecule has 1 heterocycles. The zero-order chi connectivity index (χ0) is 16.9. The van der Waals surface area contributed by atoms with Gasteiger partial charge in [0.25, 0.3) is 5.91 Å². The van der Waals surface area contributed by atoms with Crippen molar-refractivity contribution in [1.82, 2.24) is 4.98 Å². The lowest BCUT2D eigenvalue weighted by Gasteiger charge is -2.06. The van der Waals surface area contributed by atoms with Gasteiger partial charge in [0.1, 0.15) is 5.69 Å². The third-order valence-corrected chi connectivity index (χ3v) is 3.38. The lowest BCUT2D eigenvalue weighted by molar-refractivity contribution is -0.119. The number of hydrogen-bond acceptors (Lipinski definition) is 4.